The Hall–Kier alpha value is -3.81. The van der Waals surface area contributed by atoms with Crippen molar-refractivity contribution in [1.29, 1.82) is 0 Å². The van der Waals surface area contributed by atoms with E-state index in [1.165, 1.54) is 6.07 Å². The Labute approximate surface area is 178 Å². The van der Waals surface area contributed by atoms with Crippen LogP contribution in [-0.2, 0) is 17.6 Å². The van der Waals surface area contributed by atoms with E-state index in [1.807, 2.05) is 42.6 Å². The van der Waals surface area contributed by atoms with Gasteiger partial charge in [0.25, 0.3) is 5.69 Å². The molecule has 2 aromatic heterocycles. The molecule has 0 aliphatic carbocycles. The number of nitro groups is 1. The highest BCUT2D eigenvalue weighted by Gasteiger charge is 2.26. The smallest absolute Gasteiger partial charge is 0.269 e. The molecule has 3 heterocycles. The molecule has 1 aliphatic rings. The van der Waals surface area contributed by atoms with Gasteiger partial charge in [0.1, 0.15) is 0 Å². The molecule has 0 spiro atoms. The Kier molecular flexibility index (Phi) is 4.43. The maximum Gasteiger partial charge on any atom is 0.269 e. The summed E-state index contributed by atoms with van der Waals surface area (Å²) in [6, 6.07) is 12.6. The molecule has 2 aromatic carbocycles. The van der Waals surface area contributed by atoms with E-state index in [0.29, 0.717) is 25.8 Å². The quantitative estimate of drug-likeness (QED) is 0.372. The third-order valence-corrected chi connectivity index (χ3v) is 6.08. The van der Waals surface area contributed by atoms with Crippen molar-refractivity contribution in [2.75, 3.05) is 11.4 Å². The topological polar surface area (TPSA) is 93.6 Å². The molecule has 0 fully saturated rings. The first-order valence-corrected chi connectivity index (χ1v) is 10.3. The number of fused-ring (bicyclic) bond motifs is 4. The van der Waals surface area contributed by atoms with Gasteiger partial charge in [-0.3, -0.25) is 14.9 Å². The third kappa shape index (κ3) is 3.11. The molecule has 0 bridgehead atoms. The van der Waals surface area contributed by atoms with Gasteiger partial charge in [-0.25, -0.2) is 9.50 Å². The van der Waals surface area contributed by atoms with Gasteiger partial charge in [-0.05, 0) is 56.0 Å². The number of hydrogen-bond donors (Lipinski definition) is 0. The molecule has 0 unspecified atom stereocenters. The standard InChI is InChI=1S/C23H21N5O3/c1-14-18(15(2)27-23(24-14)19-5-3-4-6-20(19)25-27)8-10-22(29)26-12-11-16-13-17(28(30)31)7-9-21(16)26/h3-7,9,13H,8,10-12H2,1-2H3. The number of amides is 1. The highest BCUT2D eigenvalue weighted by Crippen LogP contribution is 2.32. The van der Waals surface area contributed by atoms with Crippen molar-refractivity contribution in [3.8, 4) is 0 Å². The number of carbonyl (C=O) groups excluding carboxylic acids is 1. The number of carbonyl (C=O) groups is 1. The molecule has 8 nitrogen and oxygen atoms in total. The van der Waals surface area contributed by atoms with E-state index in [1.54, 1.807) is 17.0 Å². The van der Waals surface area contributed by atoms with Gasteiger partial charge in [0.15, 0.2) is 5.65 Å². The van der Waals surface area contributed by atoms with E-state index in [2.05, 4.69) is 5.10 Å². The molecule has 1 aliphatic heterocycles. The summed E-state index contributed by atoms with van der Waals surface area (Å²) in [5, 5.41) is 16.7. The van der Waals surface area contributed by atoms with Crippen molar-refractivity contribution >= 4 is 33.8 Å². The molecule has 0 radical (unpaired) electrons. The van der Waals surface area contributed by atoms with Gasteiger partial charge >= 0.3 is 0 Å². The number of non-ortho nitro benzene ring substituents is 1. The lowest BCUT2D eigenvalue weighted by Crippen LogP contribution is -2.29. The molecule has 0 atom stereocenters. The van der Waals surface area contributed by atoms with E-state index in [0.717, 1.165) is 44.8 Å². The first kappa shape index (κ1) is 19.2. The number of nitrogens with zero attached hydrogens (tertiary/aromatic N) is 5. The second kappa shape index (κ2) is 7.16. The molecule has 156 valence electrons. The van der Waals surface area contributed by atoms with E-state index in [-0.39, 0.29) is 11.6 Å². The van der Waals surface area contributed by atoms with Gasteiger partial charge in [0.2, 0.25) is 5.91 Å². The zero-order valence-electron chi connectivity index (χ0n) is 17.3. The normalized spacial score (nSPS) is 13.2. The first-order valence-electron chi connectivity index (χ1n) is 10.3. The number of aryl methyl sites for hydroxylation is 2. The summed E-state index contributed by atoms with van der Waals surface area (Å²) in [6.07, 6.45) is 1.54. The van der Waals surface area contributed by atoms with Crippen LogP contribution in [0.3, 0.4) is 0 Å². The molecule has 4 aromatic rings. The molecule has 31 heavy (non-hydrogen) atoms. The highest BCUT2D eigenvalue weighted by atomic mass is 16.6. The number of anilines is 1. The zero-order chi connectivity index (χ0) is 21.7. The van der Waals surface area contributed by atoms with Crippen molar-refractivity contribution in [1.82, 2.24) is 14.6 Å². The number of nitro benzene ring substituents is 1. The van der Waals surface area contributed by atoms with Crippen LogP contribution in [0.2, 0.25) is 0 Å². The van der Waals surface area contributed by atoms with Crippen LogP contribution in [0.5, 0.6) is 0 Å². The fourth-order valence-electron chi connectivity index (χ4n) is 4.47. The molecular weight excluding hydrogens is 394 g/mol. The van der Waals surface area contributed by atoms with Crippen molar-refractivity contribution < 1.29 is 9.72 Å². The predicted molar refractivity (Wildman–Crippen MR) is 117 cm³/mol. The SMILES string of the molecule is Cc1nc2c3ccccc3nn2c(C)c1CCC(=O)N1CCc2cc([N+](=O)[O-])ccc21. The third-order valence-electron chi connectivity index (χ3n) is 6.08. The summed E-state index contributed by atoms with van der Waals surface area (Å²) in [5.41, 5.74) is 6.33. The van der Waals surface area contributed by atoms with Crippen molar-refractivity contribution in [3.05, 3.63) is 75.1 Å². The van der Waals surface area contributed by atoms with Gasteiger partial charge in [-0.1, -0.05) is 12.1 Å². The van der Waals surface area contributed by atoms with E-state index in [9.17, 15) is 14.9 Å². The second-order valence-electron chi connectivity index (χ2n) is 7.88. The Morgan fingerprint density at radius 2 is 2.00 bits per heavy atom. The maximum atomic E-state index is 13.0. The van der Waals surface area contributed by atoms with Crippen molar-refractivity contribution in [2.45, 2.75) is 33.1 Å². The predicted octanol–water partition coefficient (Wildman–Crippen LogP) is 3.93. The minimum Gasteiger partial charge on any atom is -0.312 e. The van der Waals surface area contributed by atoms with Crippen LogP contribution >= 0.6 is 0 Å². The van der Waals surface area contributed by atoms with Gasteiger partial charge in [-0.2, -0.15) is 5.10 Å². The number of aromatic nitrogens is 3. The molecular formula is C23H21N5O3. The monoisotopic (exact) mass is 415 g/mol. The Morgan fingerprint density at radius 1 is 1.19 bits per heavy atom. The zero-order valence-corrected chi connectivity index (χ0v) is 17.3. The van der Waals surface area contributed by atoms with Gasteiger partial charge in [-0.15, -0.1) is 0 Å². The number of rotatable bonds is 4. The fourth-order valence-corrected chi connectivity index (χ4v) is 4.47. The molecule has 0 saturated carbocycles. The maximum absolute atomic E-state index is 13.0. The fraction of sp³-hybridized carbons (Fsp3) is 0.261. The molecule has 5 rings (SSSR count). The van der Waals surface area contributed by atoms with E-state index < -0.39 is 4.92 Å². The Bertz CT molecular complexity index is 1370. The lowest BCUT2D eigenvalue weighted by atomic mass is 10.1. The molecule has 0 N–H and O–H groups in total. The van der Waals surface area contributed by atoms with E-state index >= 15 is 0 Å². The highest BCUT2D eigenvalue weighted by molar-refractivity contribution is 5.96. The van der Waals surface area contributed by atoms with Crippen LogP contribution in [-0.4, -0.2) is 32.0 Å². The van der Waals surface area contributed by atoms with Crippen LogP contribution in [0, 0.1) is 24.0 Å². The summed E-state index contributed by atoms with van der Waals surface area (Å²) in [4.78, 5) is 30.1. The summed E-state index contributed by atoms with van der Waals surface area (Å²) in [7, 11) is 0. The lowest BCUT2D eigenvalue weighted by Gasteiger charge is -2.18. The second-order valence-corrected chi connectivity index (χ2v) is 7.88. The first-order chi connectivity index (χ1) is 14.9. The van der Waals surface area contributed by atoms with Gasteiger partial charge in [0.05, 0.1) is 10.4 Å². The summed E-state index contributed by atoms with van der Waals surface area (Å²) >= 11 is 0. The van der Waals surface area contributed by atoms with Crippen LogP contribution in [0.4, 0.5) is 11.4 Å². The largest absolute Gasteiger partial charge is 0.312 e. The van der Waals surface area contributed by atoms with Gasteiger partial charge < -0.3 is 4.90 Å². The minimum absolute atomic E-state index is 0.0112. The Morgan fingerprint density at radius 3 is 2.81 bits per heavy atom. The molecule has 0 saturated heterocycles. The van der Waals surface area contributed by atoms with E-state index in [4.69, 9.17) is 4.98 Å². The lowest BCUT2D eigenvalue weighted by molar-refractivity contribution is -0.384. The number of benzene rings is 2. The molecule has 1 amide bonds. The van der Waals surface area contributed by atoms with Crippen molar-refractivity contribution in [2.24, 2.45) is 0 Å². The average molecular weight is 415 g/mol. The van der Waals surface area contributed by atoms with Gasteiger partial charge in [0, 0.05) is 47.6 Å². The molecule has 8 heteroatoms. The summed E-state index contributed by atoms with van der Waals surface area (Å²) < 4.78 is 1.86. The van der Waals surface area contributed by atoms with Crippen LogP contribution in [0.25, 0.3) is 16.6 Å². The average Bonchev–Trinajstić information content (AvgIpc) is 3.35. The summed E-state index contributed by atoms with van der Waals surface area (Å²) in [5.74, 6) is 0.0112. The minimum atomic E-state index is -0.405. The van der Waals surface area contributed by atoms with Crippen LogP contribution in [0.15, 0.2) is 42.5 Å². The number of hydrogen-bond acceptors (Lipinski definition) is 5. The van der Waals surface area contributed by atoms with Crippen molar-refractivity contribution in [3.63, 3.8) is 0 Å². The van der Waals surface area contributed by atoms with Crippen LogP contribution < -0.4 is 4.90 Å². The Balaban J connectivity index is 1.40. The van der Waals surface area contributed by atoms with Crippen LogP contribution in [0.1, 0.15) is 28.9 Å². The summed E-state index contributed by atoms with van der Waals surface area (Å²) in [6.45, 7) is 4.53.